The van der Waals surface area contributed by atoms with E-state index in [9.17, 15) is 9.59 Å². The molecule has 202 valence electrons. The van der Waals surface area contributed by atoms with Crippen LogP contribution in [-0.4, -0.2) is 73.5 Å². The zero-order valence-corrected chi connectivity index (χ0v) is 21.4. The van der Waals surface area contributed by atoms with E-state index in [1.54, 1.807) is 0 Å². The molecule has 0 atom stereocenters. The molecule has 2 aliphatic rings. The summed E-state index contributed by atoms with van der Waals surface area (Å²) in [5, 5.41) is 5.63. The summed E-state index contributed by atoms with van der Waals surface area (Å²) in [7, 11) is 0. The van der Waals surface area contributed by atoms with Crippen LogP contribution in [-0.2, 0) is 16.0 Å². The molecule has 0 radical (unpaired) electrons. The van der Waals surface area contributed by atoms with Gasteiger partial charge in [-0.05, 0) is 19.3 Å². The van der Waals surface area contributed by atoms with Crippen molar-refractivity contribution in [3.8, 4) is 0 Å². The Hall–Kier alpha value is -4.40. The van der Waals surface area contributed by atoms with Gasteiger partial charge in [0.25, 0.3) is 5.91 Å². The van der Waals surface area contributed by atoms with Gasteiger partial charge in [0.2, 0.25) is 5.91 Å². The van der Waals surface area contributed by atoms with Gasteiger partial charge in [0, 0.05) is 25.9 Å². The molecule has 4 heterocycles. The van der Waals surface area contributed by atoms with Crippen LogP contribution in [0, 0.1) is 0 Å². The van der Waals surface area contributed by atoms with Crippen molar-refractivity contribution < 1.29 is 9.59 Å². The highest BCUT2D eigenvalue weighted by Crippen LogP contribution is 2.26. The van der Waals surface area contributed by atoms with Crippen LogP contribution in [0.25, 0.3) is 11.2 Å². The zero-order chi connectivity index (χ0) is 27.4. The first-order chi connectivity index (χ1) is 18.1. The van der Waals surface area contributed by atoms with E-state index < -0.39 is 5.91 Å². The summed E-state index contributed by atoms with van der Waals surface area (Å²) in [5.41, 5.74) is 22.7. The number of aromatic amines is 1. The predicted molar refractivity (Wildman–Crippen MR) is 143 cm³/mol. The second-order valence-electron chi connectivity index (χ2n) is 9.13. The number of piperidine rings is 1. The second-order valence-corrected chi connectivity index (χ2v) is 9.49. The number of H-pyrrole nitrogens is 1. The topological polar surface area (TPSA) is 245 Å². The van der Waals surface area contributed by atoms with Gasteiger partial charge in [0.15, 0.2) is 28.3 Å². The third kappa shape index (κ3) is 5.94. The Balaban J connectivity index is 1.24. The average Bonchev–Trinajstić information content (AvgIpc) is 3.47. The summed E-state index contributed by atoms with van der Waals surface area (Å²) < 4.78 is 0. The molecule has 2 aromatic rings. The molecule has 11 N–H and O–H groups in total. The van der Waals surface area contributed by atoms with Gasteiger partial charge in [-0.25, -0.2) is 19.9 Å². The highest BCUT2D eigenvalue weighted by Gasteiger charge is 2.40. The highest BCUT2D eigenvalue weighted by atomic mass is 35.5. The van der Waals surface area contributed by atoms with Gasteiger partial charge in [-0.2, -0.15) is 0 Å². The minimum absolute atomic E-state index is 0.0779. The first-order valence-electron chi connectivity index (χ1n) is 11.9. The number of carbonyl (C=O) groups is 2. The number of anilines is 1. The number of aliphatic imine (C=N–C) groups is 2. The fourth-order valence-electron chi connectivity index (χ4n) is 4.27. The first-order valence-corrected chi connectivity index (χ1v) is 12.3. The lowest BCUT2D eigenvalue weighted by atomic mass is 9.88. The largest absolute Gasteiger partial charge is 0.397 e. The standard InChI is InChI=1S/C22H30ClN13O2/c1-11(24)14(33-16(23)17(25)26)20(38)34-21-28-9-22(35-21)5-7-36(8-6-22)13(37)4-2-3-12-31-15-18(27)29-10-30-19(15)32-12/h10H,1-9,24-26H2,(H2,28,34,35,38)(H3,27,29,30,31,32). The van der Waals surface area contributed by atoms with Crippen molar-refractivity contribution in [1.82, 2.24) is 35.5 Å². The number of rotatable bonds is 7. The third-order valence-corrected chi connectivity index (χ3v) is 6.67. The van der Waals surface area contributed by atoms with Crippen LogP contribution in [0.5, 0.6) is 0 Å². The van der Waals surface area contributed by atoms with Crippen LogP contribution in [0.2, 0.25) is 0 Å². The molecule has 2 aliphatic heterocycles. The SMILES string of the molecule is C=C(N)C(=NC(Cl)=C(N)N)C(=O)NC1=NCC2(CCN(C(=O)CCCc3nc4ncnc(N)c4[nH]3)CC2)N1. The van der Waals surface area contributed by atoms with E-state index in [4.69, 9.17) is 34.5 Å². The summed E-state index contributed by atoms with van der Waals surface area (Å²) in [6, 6.07) is 0. The number of nitrogens with two attached hydrogens (primary N) is 4. The Morgan fingerprint density at radius 3 is 2.63 bits per heavy atom. The van der Waals surface area contributed by atoms with Crippen LogP contribution in [0.4, 0.5) is 5.82 Å². The highest BCUT2D eigenvalue weighted by molar-refractivity contribution is 6.48. The van der Waals surface area contributed by atoms with Crippen LogP contribution in [0.15, 0.2) is 39.6 Å². The van der Waals surface area contributed by atoms with Crippen molar-refractivity contribution in [3.63, 3.8) is 0 Å². The van der Waals surface area contributed by atoms with Gasteiger partial charge in [0.1, 0.15) is 23.5 Å². The fourth-order valence-corrected chi connectivity index (χ4v) is 4.36. The van der Waals surface area contributed by atoms with Crippen LogP contribution in [0.1, 0.15) is 31.5 Å². The molecule has 1 saturated heterocycles. The van der Waals surface area contributed by atoms with Gasteiger partial charge in [-0.3, -0.25) is 19.9 Å². The summed E-state index contributed by atoms with van der Waals surface area (Å²) in [6.45, 7) is 5.13. The molecule has 0 aliphatic carbocycles. The molecular weight excluding hydrogens is 514 g/mol. The summed E-state index contributed by atoms with van der Waals surface area (Å²) in [5.74, 6) is 0.498. The van der Waals surface area contributed by atoms with Gasteiger partial charge in [-0.1, -0.05) is 18.2 Å². The zero-order valence-electron chi connectivity index (χ0n) is 20.6. The first kappa shape index (κ1) is 26.7. The Kier molecular flexibility index (Phi) is 7.66. The summed E-state index contributed by atoms with van der Waals surface area (Å²) in [4.78, 5) is 51.1. The van der Waals surface area contributed by atoms with Gasteiger partial charge < -0.3 is 38.1 Å². The van der Waals surface area contributed by atoms with Gasteiger partial charge in [0.05, 0.1) is 17.8 Å². The number of nitrogens with zero attached hydrogens (tertiary/aromatic N) is 6. The van der Waals surface area contributed by atoms with Gasteiger partial charge in [-0.15, -0.1) is 0 Å². The number of guanidine groups is 1. The second kappa shape index (κ2) is 10.9. The molecule has 16 heteroatoms. The van der Waals surface area contributed by atoms with E-state index in [0.29, 0.717) is 68.7 Å². The lowest BCUT2D eigenvalue weighted by Crippen LogP contribution is -2.57. The number of fused-ring (bicyclic) bond motifs is 1. The maximum absolute atomic E-state index is 12.8. The van der Waals surface area contributed by atoms with E-state index in [2.05, 4.69) is 47.1 Å². The van der Waals surface area contributed by atoms with Gasteiger partial charge >= 0.3 is 0 Å². The lowest BCUT2D eigenvalue weighted by Gasteiger charge is -2.39. The van der Waals surface area contributed by atoms with Crippen molar-refractivity contribution >= 4 is 52.1 Å². The number of hydrogen-bond acceptors (Lipinski definition) is 12. The molecule has 0 saturated carbocycles. The van der Waals surface area contributed by atoms with E-state index in [-0.39, 0.29) is 39.8 Å². The van der Waals surface area contributed by atoms with Crippen LogP contribution >= 0.6 is 11.6 Å². The molecule has 0 unspecified atom stereocenters. The van der Waals surface area contributed by atoms with E-state index in [1.165, 1.54) is 6.33 Å². The van der Waals surface area contributed by atoms with E-state index in [1.807, 2.05) is 4.90 Å². The van der Waals surface area contributed by atoms with Crippen molar-refractivity contribution in [2.24, 2.45) is 27.2 Å². The number of nitrogens with one attached hydrogen (secondary N) is 3. The molecule has 1 fully saturated rings. The van der Waals surface area contributed by atoms with Crippen molar-refractivity contribution in [2.45, 2.75) is 37.6 Å². The minimum Gasteiger partial charge on any atom is -0.397 e. The van der Waals surface area contributed by atoms with E-state index >= 15 is 0 Å². The molecule has 15 nitrogen and oxygen atoms in total. The summed E-state index contributed by atoms with van der Waals surface area (Å²) in [6.07, 6.45) is 4.34. The number of nitrogen functional groups attached to an aromatic ring is 1. The predicted octanol–water partition coefficient (Wildman–Crippen LogP) is -1.11. The number of aromatic nitrogens is 4. The Morgan fingerprint density at radius 1 is 1.24 bits per heavy atom. The molecule has 4 rings (SSSR count). The average molecular weight is 544 g/mol. The maximum atomic E-state index is 12.8. The smallest absolute Gasteiger partial charge is 0.278 e. The van der Waals surface area contributed by atoms with Crippen LogP contribution < -0.4 is 33.6 Å². The quantitative estimate of drug-likeness (QED) is 0.164. The fraction of sp³-hybridized carbons (Fsp3) is 0.409. The minimum atomic E-state index is -0.660. The Labute approximate surface area is 222 Å². The number of likely N-dealkylation sites (tertiary alicyclic amines) is 1. The third-order valence-electron chi connectivity index (χ3n) is 6.37. The number of amides is 2. The number of imidazole rings is 1. The number of hydrogen-bond donors (Lipinski definition) is 7. The Bertz CT molecular complexity index is 1350. The molecule has 2 aromatic heterocycles. The summed E-state index contributed by atoms with van der Waals surface area (Å²) >= 11 is 5.83. The molecule has 1 spiro atoms. The van der Waals surface area contributed by atoms with E-state index in [0.717, 1.165) is 5.82 Å². The normalized spacial score (nSPS) is 16.7. The lowest BCUT2D eigenvalue weighted by molar-refractivity contribution is -0.132. The van der Waals surface area contributed by atoms with Crippen molar-refractivity contribution in [2.75, 3.05) is 25.4 Å². The Morgan fingerprint density at radius 2 is 1.97 bits per heavy atom. The van der Waals surface area contributed by atoms with Crippen LogP contribution in [0.3, 0.4) is 0 Å². The molecular formula is C22H30ClN13O2. The molecule has 2 amide bonds. The molecule has 0 bridgehead atoms. The maximum Gasteiger partial charge on any atom is 0.278 e. The number of carbonyl (C=O) groups excluding carboxylic acids is 2. The molecule has 38 heavy (non-hydrogen) atoms. The monoisotopic (exact) mass is 543 g/mol. The molecule has 0 aromatic carbocycles. The van der Waals surface area contributed by atoms with Crippen molar-refractivity contribution in [1.29, 1.82) is 0 Å². The number of halogens is 1. The number of aryl methyl sites for hydroxylation is 1. The van der Waals surface area contributed by atoms with Crippen molar-refractivity contribution in [3.05, 3.63) is 35.4 Å².